The zero-order chi connectivity index (χ0) is 26.3. The molecule has 1 N–H and O–H groups in total. The lowest BCUT2D eigenvalue weighted by molar-refractivity contribution is 0.429. The Hall–Kier alpha value is -4.12. The largest absolute Gasteiger partial charge is 0.563 e. The Bertz CT molecular complexity index is 1920. The smallest absolute Gasteiger partial charge is 0.532 e. The third-order valence-corrected chi connectivity index (χ3v) is 6.42. The van der Waals surface area contributed by atoms with Gasteiger partial charge in [0.15, 0.2) is 34.9 Å². The molecule has 0 aliphatic rings. The maximum atomic E-state index is 15.3. The molecular formula is C26H9BF8O2. The highest BCUT2D eigenvalue weighted by atomic mass is 19.2. The summed E-state index contributed by atoms with van der Waals surface area (Å²) in [6, 6.07) is 7.92. The number of fused-ring (bicyclic) bond motifs is 1. The van der Waals surface area contributed by atoms with Crippen molar-refractivity contribution in [2.45, 2.75) is 0 Å². The Labute approximate surface area is 201 Å². The number of halogens is 8. The summed E-state index contributed by atoms with van der Waals surface area (Å²) in [6.45, 7) is 0. The van der Waals surface area contributed by atoms with Crippen LogP contribution in [0.25, 0.3) is 43.1 Å². The van der Waals surface area contributed by atoms with Gasteiger partial charge in [0.05, 0.1) is 16.2 Å². The fourth-order valence-corrected chi connectivity index (χ4v) is 4.81. The van der Waals surface area contributed by atoms with Crippen molar-refractivity contribution in [3.8, 4) is 5.75 Å². The van der Waals surface area contributed by atoms with Crippen molar-refractivity contribution >= 4 is 55.7 Å². The van der Waals surface area contributed by atoms with Gasteiger partial charge < -0.3 is 9.68 Å². The Morgan fingerprint density at radius 3 is 1.81 bits per heavy atom. The van der Waals surface area contributed by atoms with E-state index >= 15 is 8.78 Å². The molecule has 0 aromatic heterocycles. The first-order chi connectivity index (χ1) is 17.6. The molecule has 0 spiro atoms. The van der Waals surface area contributed by atoms with E-state index in [-0.39, 0.29) is 21.5 Å². The molecule has 0 amide bonds. The van der Waals surface area contributed by atoms with Gasteiger partial charge in [0.25, 0.3) is 0 Å². The van der Waals surface area contributed by atoms with Gasteiger partial charge in [-0.05, 0) is 41.1 Å². The van der Waals surface area contributed by atoms with Gasteiger partial charge in [-0.3, -0.25) is 0 Å². The van der Waals surface area contributed by atoms with E-state index in [9.17, 15) is 31.4 Å². The summed E-state index contributed by atoms with van der Waals surface area (Å²) in [7, 11) is -2.35. The maximum absolute atomic E-state index is 15.3. The minimum Gasteiger partial charge on any atom is -0.532 e. The lowest BCUT2D eigenvalue weighted by atomic mass is 9.74. The molecule has 0 fully saturated rings. The fourth-order valence-electron chi connectivity index (χ4n) is 4.81. The molecule has 184 valence electrons. The highest BCUT2D eigenvalue weighted by Crippen LogP contribution is 2.40. The Kier molecular flexibility index (Phi) is 5.00. The average molecular weight is 516 g/mol. The van der Waals surface area contributed by atoms with Crippen LogP contribution in [-0.4, -0.2) is 12.1 Å². The maximum Gasteiger partial charge on any atom is 0.563 e. The van der Waals surface area contributed by atoms with Gasteiger partial charge in [0.2, 0.25) is 0 Å². The zero-order valence-corrected chi connectivity index (χ0v) is 18.1. The third-order valence-electron chi connectivity index (χ3n) is 6.42. The van der Waals surface area contributed by atoms with E-state index in [1.807, 2.05) is 0 Å². The number of hydrogen-bond donors (Lipinski definition) is 1. The first-order valence-electron chi connectivity index (χ1n) is 10.6. The summed E-state index contributed by atoms with van der Waals surface area (Å²) in [4.78, 5) is 0. The molecule has 0 unspecified atom stereocenters. The standard InChI is InChI=1S/C26H9BF8O2/c28-12-7-8-15(10-4-6-14(30)22(31)17(10)12)37-27(36)21-11-3-1-9-2-5-13(29)19-16(9)18(11)20(24(33)23(19)32)25(34)26(21)35/h1-8,36H. The first kappa shape index (κ1) is 23.3. The number of rotatable bonds is 3. The molecule has 0 radical (unpaired) electrons. The van der Waals surface area contributed by atoms with Crippen LogP contribution in [0.2, 0.25) is 0 Å². The highest BCUT2D eigenvalue weighted by molar-refractivity contribution is 6.64. The van der Waals surface area contributed by atoms with E-state index in [1.54, 1.807) is 0 Å². The Morgan fingerprint density at radius 1 is 0.486 bits per heavy atom. The lowest BCUT2D eigenvalue weighted by Gasteiger charge is -2.19. The second kappa shape index (κ2) is 7.94. The predicted octanol–water partition coefficient (Wildman–Crippen LogP) is 6.62. The Morgan fingerprint density at radius 2 is 1.05 bits per heavy atom. The quantitative estimate of drug-likeness (QED) is 0.163. The molecule has 11 heteroatoms. The van der Waals surface area contributed by atoms with Gasteiger partial charge in [0, 0.05) is 21.6 Å². The number of hydrogen-bond acceptors (Lipinski definition) is 2. The van der Waals surface area contributed by atoms with Crippen molar-refractivity contribution in [2.24, 2.45) is 0 Å². The van der Waals surface area contributed by atoms with Crippen molar-refractivity contribution in [3.63, 3.8) is 0 Å². The topological polar surface area (TPSA) is 29.5 Å². The van der Waals surface area contributed by atoms with Crippen LogP contribution in [0.5, 0.6) is 5.75 Å². The van der Waals surface area contributed by atoms with Crippen LogP contribution in [0, 0.1) is 46.5 Å². The van der Waals surface area contributed by atoms with Gasteiger partial charge in [-0.2, -0.15) is 0 Å². The molecule has 6 aromatic carbocycles. The zero-order valence-electron chi connectivity index (χ0n) is 18.1. The summed E-state index contributed by atoms with van der Waals surface area (Å²) in [5, 5.41) is 7.00. The fraction of sp³-hybridized carbons (Fsp3) is 0. The molecule has 0 aliphatic carbocycles. The van der Waals surface area contributed by atoms with Crippen LogP contribution in [0.4, 0.5) is 35.1 Å². The predicted molar refractivity (Wildman–Crippen MR) is 122 cm³/mol. The van der Waals surface area contributed by atoms with E-state index < -0.39 is 86.4 Å². The Balaban J connectivity index is 1.64. The van der Waals surface area contributed by atoms with Crippen LogP contribution in [0.3, 0.4) is 0 Å². The minimum atomic E-state index is -2.35. The van der Waals surface area contributed by atoms with E-state index in [0.717, 1.165) is 24.3 Å². The van der Waals surface area contributed by atoms with E-state index in [1.165, 1.54) is 18.2 Å². The summed E-state index contributed by atoms with van der Waals surface area (Å²) in [6.07, 6.45) is 0. The van der Waals surface area contributed by atoms with Gasteiger partial charge >= 0.3 is 7.12 Å². The third kappa shape index (κ3) is 3.10. The van der Waals surface area contributed by atoms with Crippen LogP contribution in [-0.2, 0) is 0 Å². The molecule has 0 atom stereocenters. The van der Waals surface area contributed by atoms with E-state index in [0.29, 0.717) is 6.07 Å². The molecule has 6 rings (SSSR count). The summed E-state index contributed by atoms with van der Waals surface area (Å²) < 4.78 is 122. The second-order valence-corrected chi connectivity index (χ2v) is 8.35. The van der Waals surface area contributed by atoms with Gasteiger partial charge in [-0.25, -0.2) is 35.1 Å². The van der Waals surface area contributed by atoms with Gasteiger partial charge in [0.1, 0.15) is 17.4 Å². The molecule has 0 bridgehead atoms. The summed E-state index contributed by atoms with van der Waals surface area (Å²) in [5.74, 6) is -12.8. The van der Waals surface area contributed by atoms with Crippen molar-refractivity contribution in [2.75, 3.05) is 0 Å². The van der Waals surface area contributed by atoms with Gasteiger partial charge in [-0.15, -0.1) is 0 Å². The van der Waals surface area contributed by atoms with Crippen molar-refractivity contribution in [1.29, 1.82) is 0 Å². The van der Waals surface area contributed by atoms with Crippen LogP contribution in [0.15, 0.2) is 48.5 Å². The normalized spacial score (nSPS) is 11.9. The van der Waals surface area contributed by atoms with Crippen molar-refractivity contribution in [1.82, 2.24) is 0 Å². The average Bonchev–Trinajstić information content (AvgIpc) is 2.87. The molecule has 0 saturated carbocycles. The van der Waals surface area contributed by atoms with Crippen LogP contribution >= 0.6 is 0 Å². The van der Waals surface area contributed by atoms with E-state index in [2.05, 4.69) is 0 Å². The van der Waals surface area contributed by atoms with Crippen LogP contribution < -0.4 is 10.1 Å². The van der Waals surface area contributed by atoms with Crippen molar-refractivity contribution in [3.05, 3.63) is 95.1 Å². The molecule has 0 heterocycles. The molecule has 6 aromatic rings. The number of benzene rings is 6. The first-order valence-corrected chi connectivity index (χ1v) is 10.6. The second-order valence-electron chi connectivity index (χ2n) is 8.35. The summed E-state index contributed by atoms with van der Waals surface area (Å²) in [5.41, 5.74) is -0.858. The molecule has 2 nitrogen and oxygen atoms in total. The molecule has 0 saturated heterocycles. The van der Waals surface area contributed by atoms with Crippen molar-refractivity contribution < 1.29 is 44.8 Å². The van der Waals surface area contributed by atoms with Gasteiger partial charge in [-0.1, -0.05) is 18.2 Å². The summed E-state index contributed by atoms with van der Waals surface area (Å²) >= 11 is 0. The molecule has 37 heavy (non-hydrogen) atoms. The SMILES string of the molecule is OB(Oc1ccc(F)c2c(F)c(F)ccc12)c1c(F)c(F)c2c(F)c(F)c3c(F)ccc4ccc1c2c43. The minimum absolute atomic E-state index is 0.183. The monoisotopic (exact) mass is 516 g/mol. The highest BCUT2D eigenvalue weighted by Gasteiger charge is 2.34. The molecule has 0 aliphatic heterocycles. The van der Waals surface area contributed by atoms with Crippen LogP contribution in [0.1, 0.15) is 0 Å². The lowest BCUT2D eigenvalue weighted by Crippen LogP contribution is -2.40. The van der Waals surface area contributed by atoms with E-state index in [4.69, 9.17) is 4.65 Å². The molecular weight excluding hydrogens is 507 g/mol.